The first kappa shape index (κ1) is 30.9. The number of aromatic nitrogens is 2. The predicted molar refractivity (Wildman–Crippen MR) is 241 cm³/mol. The fourth-order valence-corrected chi connectivity index (χ4v) is 10.3. The molecule has 1 aliphatic carbocycles. The molecule has 264 valence electrons. The predicted octanol–water partition coefficient (Wildman–Crippen LogP) is 14.6. The molecular formula is C55H34N2. The Kier molecular flexibility index (Phi) is 6.25. The molecule has 0 spiro atoms. The van der Waals surface area contributed by atoms with Crippen molar-refractivity contribution in [2.75, 3.05) is 0 Å². The quantitative estimate of drug-likeness (QED) is 0.161. The Morgan fingerprint density at radius 2 is 0.825 bits per heavy atom. The molecule has 0 amide bonds. The summed E-state index contributed by atoms with van der Waals surface area (Å²) in [6.45, 7) is 0. The van der Waals surface area contributed by atoms with Crippen LogP contribution in [0, 0.1) is 0 Å². The molecule has 0 saturated heterocycles. The molecule has 0 radical (unpaired) electrons. The summed E-state index contributed by atoms with van der Waals surface area (Å²) in [5, 5.41) is 12.9. The topological polar surface area (TPSA) is 9.86 Å². The van der Waals surface area contributed by atoms with Crippen molar-refractivity contribution in [1.82, 2.24) is 9.13 Å². The third-order valence-corrected chi connectivity index (χ3v) is 12.7. The van der Waals surface area contributed by atoms with E-state index in [1.165, 1.54) is 121 Å². The van der Waals surface area contributed by atoms with Gasteiger partial charge in [0.25, 0.3) is 0 Å². The second-order valence-corrected chi connectivity index (χ2v) is 15.6. The molecule has 0 unspecified atom stereocenters. The van der Waals surface area contributed by atoms with Gasteiger partial charge in [0.2, 0.25) is 0 Å². The number of para-hydroxylation sites is 3. The smallest absolute Gasteiger partial charge is 0.0543 e. The van der Waals surface area contributed by atoms with Gasteiger partial charge in [0, 0.05) is 32.8 Å². The fourth-order valence-electron chi connectivity index (χ4n) is 10.3. The normalized spacial score (nSPS) is 12.5. The van der Waals surface area contributed by atoms with Gasteiger partial charge >= 0.3 is 0 Å². The molecule has 0 N–H and O–H groups in total. The average Bonchev–Trinajstić information content (AvgIpc) is 3.94. The van der Waals surface area contributed by atoms with Crippen molar-refractivity contribution < 1.29 is 0 Å². The SMILES string of the molecule is c1ccc2c(c1)Cc1c(-c3ccc4c5ccccc5c5ccccc5c4c3)ccc(-n3c4ccccc4c4cc(-n5c6ccccc6c6ccccc65)ccc43)c1-2. The molecule has 13 rings (SSSR count). The molecular weight excluding hydrogens is 689 g/mol. The van der Waals surface area contributed by atoms with E-state index in [9.17, 15) is 0 Å². The van der Waals surface area contributed by atoms with Gasteiger partial charge < -0.3 is 9.13 Å². The molecule has 10 aromatic carbocycles. The number of hydrogen-bond acceptors (Lipinski definition) is 0. The van der Waals surface area contributed by atoms with E-state index in [1.807, 2.05) is 0 Å². The average molecular weight is 723 g/mol. The van der Waals surface area contributed by atoms with E-state index in [4.69, 9.17) is 0 Å². The Balaban J connectivity index is 1.06. The van der Waals surface area contributed by atoms with Crippen LogP contribution in [0.2, 0.25) is 0 Å². The van der Waals surface area contributed by atoms with Gasteiger partial charge in [0.05, 0.1) is 27.8 Å². The lowest BCUT2D eigenvalue weighted by molar-refractivity contribution is 1.16. The minimum atomic E-state index is 0.903. The molecule has 12 aromatic rings. The van der Waals surface area contributed by atoms with Crippen LogP contribution in [0.5, 0.6) is 0 Å². The maximum Gasteiger partial charge on any atom is 0.0543 e. The van der Waals surface area contributed by atoms with E-state index in [0.717, 1.165) is 6.42 Å². The van der Waals surface area contributed by atoms with Crippen molar-refractivity contribution >= 4 is 75.9 Å². The first-order valence-corrected chi connectivity index (χ1v) is 19.9. The maximum atomic E-state index is 2.52. The van der Waals surface area contributed by atoms with Crippen molar-refractivity contribution in [3.05, 3.63) is 205 Å². The van der Waals surface area contributed by atoms with Gasteiger partial charge in [-0.25, -0.2) is 0 Å². The van der Waals surface area contributed by atoms with E-state index in [2.05, 4.69) is 203 Å². The van der Waals surface area contributed by atoms with Crippen LogP contribution < -0.4 is 0 Å². The molecule has 2 aromatic heterocycles. The monoisotopic (exact) mass is 722 g/mol. The summed E-state index contributed by atoms with van der Waals surface area (Å²) in [5.74, 6) is 0. The summed E-state index contributed by atoms with van der Waals surface area (Å²) in [5.41, 5.74) is 15.3. The first-order valence-electron chi connectivity index (χ1n) is 19.9. The van der Waals surface area contributed by atoms with Crippen LogP contribution in [0.25, 0.3) is 110 Å². The Labute approximate surface area is 329 Å². The highest BCUT2D eigenvalue weighted by atomic mass is 15.0. The van der Waals surface area contributed by atoms with Crippen molar-refractivity contribution in [1.29, 1.82) is 0 Å². The molecule has 1 aliphatic rings. The van der Waals surface area contributed by atoms with Crippen molar-refractivity contribution in [2.24, 2.45) is 0 Å². The second kappa shape index (κ2) is 11.6. The highest BCUT2D eigenvalue weighted by molar-refractivity contribution is 6.26. The molecule has 0 atom stereocenters. The summed E-state index contributed by atoms with van der Waals surface area (Å²) in [6.07, 6.45) is 0.903. The van der Waals surface area contributed by atoms with E-state index in [1.54, 1.807) is 0 Å². The minimum Gasteiger partial charge on any atom is -0.309 e. The minimum absolute atomic E-state index is 0.903. The van der Waals surface area contributed by atoms with Gasteiger partial charge in [-0.1, -0.05) is 146 Å². The fraction of sp³-hybridized carbons (Fsp3) is 0.0182. The van der Waals surface area contributed by atoms with Crippen molar-refractivity contribution in [2.45, 2.75) is 6.42 Å². The number of hydrogen-bond donors (Lipinski definition) is 0. The molecule has 0 fully saturated rings. The maximum absolute atomic E-state index is 2.52. The van der Waals surface area contributed by atoms with Crippen LogP contribution in [-0.4, -0.2) is 9.13 Å². The van der Waals surface area contributed by atoms with Gasteiger partial charge in [0.15, 0.2) is 0 Å². The van der Waals surface area contributed by atoms with Gasteiger partial charge in [-0.15, -0.1) is 0 Å². The van der Waals surface area contributed by atoms with Crippen molar-refractivity contribution in [3.8, 4) is 33.6 Å². The van der Waals surface area contributed by atoms with Crippen LogP contribution in [0.1, 0.15) is 11.1 Å². The van der Waals surface area contributed by atoms with Gasteiger partial charge in [-0.2, -0.15) is 0 Å². The number of nitrogens with zero attached hydrogens (tertiary/aromatic N) is 2. The number of rotatable bonds is 3. The zero-order chi connectivity index (χ0) is 37.2. The Morgan fingerprint density at radius 1 is 0.316 bits per heavy atom. The van der Waals surface area contributed by atoms with Crippen LogP contribution in [0.4, 0.5) is 0 Å². The Bertz CT molecular complexity index is 3580. The molecule has 2 heteroatoms. The summed E-state index contributed by atoms with van der Waals surface area (Å²) in [6, 6.07) is 72.2. The van der Waals surface area contributed by atoms with Gasteiger partial charge in [0.1, 0.15) is 0 Å². The van der Waals surface area contributed by atoms with Crippen LogP contribution in [0.3, 0.4) is 0 Å². The lowest BCUT2D eigenvalue weighted by atomic mass is 9.89. The third-order valence-electron chi connectivity index (χ3n) is 12.7. The van der Waals surface area contributed by atoms with Crippen LogP contribution >= 0.6 is 0 Å². The summed E-state index contributed by atoms with van der Waals surface area (Å²) >= 11 is 0. The van der Waals surface area contributed by atoms with E-state index in [-0.39, 0.29) is 0 Å². The van der Waals surface area contributed by atoms with Gasteiger partial charge in [-0.3, -0.25) is 0 Å². The highest BCUT2D eigenvalue weighted by Gasteiger charge is 2.27. The van der Waals surface area contributed by atoms with Crippen LogP contribution in [-0.2, 0) is 6.42 Å². The molecule has 57 heavy (non-hydrogen) atoms. The van der Waals surface area contributed by atoms with Gasteiger partial charge in [-0.05, 0) is 115 Å². The van der Waals surface area contributed by atoms with Crippen LogP contribution in [0.15, 0.2) is 194 Å². The molecule has 0 saturated carbocycles. The summed E-state index contributed by atoms with van der Waals surface area (Å²) in [7, 11) is 0. The Morgan fingerprint density at radius 3 is 1.49 bits per heavy atom. The largest absolute Gasteiger partial charge is 0.309 e. The third kappa shape index (κ3) is 4.24. The van der Waals surface area contributed by atoms with E-state index >= 15 is 0 Å². The Hall–Kier alpha value is -7.42. The molecule has 0 bridgehead atoms. The zero-order valence-electron chi connectivity index (χ0n) is 31.1. The van der Waals surface area contributed by atoms with Crippen molar-refractivity contribution in [3.63, 3.8) is 0 Å². The zero-order valence-corrected chi connectivity index (χ0v) is 31.1. The molecule has 0 aliphatic heterocycles. The van der Waals surface area contributed by atoms with E-state index in [0.29, 0.717) is 0 Å². The lowest BCUT2D eigenvalue weighted by Crippen LogP contribution is -2.00. The highest BCUT2D eigenvalue weighted by Crippen LogP contribution is 2.48. The molecule has 2 heterocycles. The standard InChI is InChI=1S/C55H34N2/c1-2-14-38-34(13-1)32-49-37(35-25-27-43-41-17-4-3-15-39(41)40-16-5-6-18-42(40)47(43)31-35)28-30-54(55(38)49)57-52-24-12-9-21-46(52)48-33-36(26-29-53(48)57)56-50-22-10-7-19-44(50)45-20-8-11-23-51(45)56/h1-31,33H,32H2. The number of benzene rings is 10. The second-order valence-electron chi connectivity index (χ2n) is 15.6. The number of fused-ring (bicyclic) bond motifs is 15. The summed E-state index contributed by atoms with van der Waals surface area (Å²) < 4.78 is 4.94. The lowest BCUT2D eigenvalue weighted by Gasteiger charge is -2.18. The first-order chi connectivity index (χ1) is 28.3. The van der Waals surface area contributed by atoms with E-state index < -0.39 is 0 Å². The summed E-state index contributed by atoms with van der Waals surface area (Å²) in [4.78, 5) is 0. The molecule has 2 nitrogen and oxygen atoms in total.